The quantitative estimate of drug-likeness (QED) is 0.669. The van der Waals surface area contributed by atoms with Gasteiger partial charge in [0.05, 0.1) is 11.9 Å². The van der Waals surface area contributed by atoms with Crippen molar-refractivity contribution in [1.29, 1.82) is 0 Å². The van der Waals surface area contributed by atoms with Crippen LogP contribution in [0.5, 0.6) is 0 Å². The summed E-state index contributed by atoms with van der Waals surface area (Å²) in [6.45, 7) is 10.4. The molecule has 0 atom stereocenters. The Bertz CT molecular complexity index is 190. The van der Waals surface area contributed by atoms with Crippen molar-refractivity contribution in [2.45, 2.75) is 32.8 Å². The zero-order valence-corrected chi connectivity index (χ0v) is 9.13. The predicted molar refractivity (Wildman–Crippen MR) is 55.0 cm³/mol. The van der Waals surface area contributed by atoms with Crippen LogP contribution in [0, 0.1) is 0 Å². The Hall–Kier alpha value is -1.03. The molecule has 1 amide bonds. The maximum absolute atomic E-state index is 10.8. The Morgan fingerprint density at radius 3 is 2.71 bits per heavy atom. The molecule has 0 aliphatic heterocycles. The number of carbonyl (C=O) groups is 1. The van der Waals surface area contributed by atoms with E-state index in [2.05, 4.69) is 16.6 Å². The fourth-order valence-electron chi connectivity index (χ4n) is 1.05. The van der Waals surface area contributed by atoms with Crippen LogP contribution in [0.15, 0.2) is 12.8 Å². The van der Waals surface area contributed by atoms with Gasteiger partial charge in [-0.2, -0.15) is 0 Å². The van der Waals surface area contributed by atoms with Crippen LogP contribution in [0.4, 0.5) is 4.79 Å². The van der Waals surface area contributed by atoms with E-state index in [4.69, 9.17) is 4.74 Å². The van der Waals surface area contributed by atoms with Gasteiger partial charge < -0.3 is 14.8 Å². The van der Waals surface area contributed by atoms with Gasteiger partial charge in [0.15, 0.2) is 0 Å². The minimum absolute atomic E-state index is 0.212. The van der Waals surface area contributed by atoms with Crippen molar-refractivity contribution in [2.24, 2.45) is 0 Å². The normalized spacial score (nSPS) is 10.8. The molecule has 0 bridgehead atoms. The van der Waals surface area contributed by atoms with Crippen LogP contribution in [0.3, 0.4) is 0 Å². The summed E-state index contributed by atoms with van der Waals surface area (Å²) < 4.78 is 9.95. The van der Waals surface area contributed by atoms with Crippen molar-refractivity contribution < 1.29 is 14.3 Å². The molecule has 4 nitrogen and oxygen atoms in total. The molecule has 0 aliphatic carbocycles. The van der Waals surface area contributed by atoms with E-state index in [9.17, 15) is 4.79 Å². The van der Waals surface area contributed by atoms with Gasteiger partial charge in [-0.3, -0.25) is 0 Å². The number of hydrogen-bond donors (Lipinski definition) is 1. The molecule has 0 aliphatic rings. The minimum atomic E-state index is -0.479. The lowest BCUT2D eigenvalue weighted by atomic mass is 10.1. The molecule has 0 rings (SSSR count). The van der Waals surface area contributed by atoms with Crippen molar-refractivity contribution in [1.82, 2.24) is 5.32 Å². The van der Waals surface area contributed by atoms with Gasteiger partial charge in [-0.05, 0) is 27.2 Å². The summed E-state index contributed by atoms with van der Waals surface area (Å²) in [4.78, 5) is 10.8. The van der Waals surface area contributed by atoms with Crippen molar-refractivity contribution in [3.8, 4) is 0 Å². The first-order valence-corrected chi connectivity index (χ1v) is 4.71. The maximum atomic E-state index is 10.8. The van der Waals surface area contributed by atoms with Crippen molar-refractivity contribution >= 4 is 6.09 Å². The lowest BCUT2D eigenvalue weighted by molar-refractivity contribution is -0.0153. The van der Waals surface area contributed by atoms with E-state index in [-0.39, 0.29) is 5.60 Å². The number of nitrogens with one attached hydrogen (secondary N) is 1. The largest absolute Gasteiger partial charge is 0.419 e. The number of rotatable bonds is 6. The second-order valence-electron chi connectivity index (χ2n) is 3.44. The monoisotopic (exact) mass is 201 g/mol. The number of amides is 1. The van der Waals surface area contributed by atoms with E-state index >= 15 is 0 Å². The lowest BCUT2D eigenvalue weighted by Gasteiger charge is -2.24. The number of carbonyl (C=O) groups excluding carboxylic acids is 1. The van der Waals surface area contributed by atoms with Crippen LogP contribution < -0.4 is 5.32 Å². The van der Waals surface area contributed by atoms with Crippen LogP contribution in [-0.2, 0) is 9.47 Å². The molecule has 14 heavy (non-hydrogen) atoms. The molecule has 0 heterocycles. The SMILES string of the molecule is C=COC(=O)NCCC(C)(C)OCC. The molecule has 0 saturated heterocycles. The third-order valence-electron chi connectivity index (χ3n) is 1.72. The van der Waals surface area contributed by atoms with Gasteiger partial charge >= 0.3 is 6.09 Å². The van der Waals surface area contributed by atoms with Crippen molar-refractivity contribution in [3.63, 3.8) is 0 Å². The summed E-state index contributed by atoms with van der Waals surface area (Å²) in [6, 6.07) is 0. The molecule has 0 radical (unpaired) electrons. The Kier molecular flexibility index (Phi) is 5.95. The molecule has 0 fully saturated rings. The summed E-state index contributed by atoms with van der Waals surface area (Å²) in [5.41, 5.74) is -0.212. The summed E-state index contributed by atoms with van der Waals surface area (Å²) in [7, 11) is 0. The third kappa shape index (κ3) is 6.48. The molecule has 0 aromatic rings. The van der Waals surface area contributed by atoms with Gasteiger partial charge in [0.2, 0.25) is 0 Å². The third-order valence-corrected chi connectivity index (χ3v) is 1.72. The fraction of sp³-hybridized carbons (Fsp3) is 0.700. The van der Waals surface area contributed by atoms with Gasteiger partial charge in [0.25, 0.3) is 0 Å². The molecular formula is C10H19NO3. The molecule has 82 valence electrons. The second kappa shape index (κ2) is 6.43. The first-order valence-electron chi connectivity index (χ1n) is 4.71. The van der Waals surface area contributed by atoms with E-state index < -0.39 is 6.09 Å². The second-order valence-corrected chi connectivity index (χ2v) is 3.44. The zero-order chi connectivity index (χ0) is 11.0. The maximum Gasteiger partial charge on any atom is 0.411 e. The highest BCUT2D eigenvalue weighted by Crippen LogP contribution is 2.12. The lowest BCUT2D eigenvalue weighted by Crippen LogP contribution is -2.32. The average molecular weight is 201 g/mol. The highest BCUT2D eigenvalue weighted by atomic mass is 16.5. The van der Waals surface area contributed by atoms with Gasteiger partial charge in [0.1, 0.15) is 0 Å². The van der Waals surface area contributed by atoms with E-state index in [1.807, 2.05) is 20.8 Å². The van der Waals surface area contributed by atoms with Gasteiger partial charge in [-0.25, -0.2) is 4.79 Å². The van der Waals surface area contributed by atoms with Crippen LogP contribution in [0.2, 0.25) is 0 Å². The summed E-state index contributed by atoms with van der Waals surface area (Å²) >= 11 is 0. The van der Waals surface area contributed by atoms with Crippen molar-refractivity contribution in [2.75, 3.05) is 13.2 Å². The summed E-state index contributed by atoms with van der Waals surface area (Å²) in [5.74, 6) is 0. The first kappa shape index (κ1) is 13.0. The van der Waals surface area contributed by atoms with Crippen molar-refractivity contribution in [3.05, 3.63) is 12.8 Å². The van der Waals surface area contributed by atoms with E-state index in [0.29, 0.717) is 13.2 Å². The molecule has 0 saturated carbocycles. The Balaban J connectivity index is 3.61. The van der Waals surface area contributed by atoms with Crippen LogP contribution in [0.1, 0.15) is 27.2 Å². The minimum Gasteiger partial charge on any atom is -0.419 e. The standard InChI is InChI=1S/C10H19NO3/c1-5-13-9(12)11-8-7-10(3,4)14-6-2/h5H,1,6-8H2,2-4H3,(H,11,12). The fourth-order valence-corrected chi connectivity index (χ4v) is 1.05. The van der Waals surface area contributed by atoms with E-state index in [1.165, 1.54) is 0 Å². The smallest absolute Gasteiger partial charge is 0.411 e. The van der Waals surface area contributed by atoms with Crippen LogP contribution in [0.25, 0.3) is 0 Å². The molecule has 0 aromatic heterocycles. The summed E-state index contributed by atoms with van der Waals surface area (Å²) in [6.07, 6.45) is 1.36. The highest BCUT2D eigenvalue weighted by Gasteiger charge is 2.17. The highest BCUT2D eigenvalue weighted by molar-refractivity contribution is 5.67. The Morgan fingerprint density at radius 2 is 2.21 bits per heavy atom. The summed E-state index contributed by atoms with van der Waals surface area (Å²) in [5, 5.41) is 2.59. The molecule has 0 aromatic carbocycles. The average Bonchev–Trinajstić information content (AvgIpc) is 2.03. The Morgan fingerprint density at radius 1 is 1.57 bits per heavy atom. The van der Waals surface area contributed by atoms with Gasteiger partial charge in [0, 0.05) is 13.2 Å². The Labute approximate surface area is 85.3 Å². The molecule has 1 N–H and O–H groups in total. The van der Waals surface area contributed by atoms with Gasteiger partial charge in [-0.1, -0.05) is 6.58 Å². The van der Waals surface area contributed by atoms with Crippen LogP contribution in [-0.4, -0.2) is 24.8 Å². The molecule has 0 spiro atoms. The number of ether oxygens (including phenoxy) is 2. The van der Waals surface area contributed by atoms with Crippen LogP contribution >= 0.6 is 0 Å². The molecule has 0 unspecified atom stereocenters. The predicted octanol–water partition coefficient (Wildman–Crippen LogP) is 2.06. The first-order chi connectivity index (χ1) is 6.52. The van der Waals surface area contributed by atoms with E-state index in [1.54, 1.807) is 0 Å². The molecule has 4 heteroatoms. The number of hydrogen-bond acceptors (Lipinski definition) is 3. The van der Waals surface area contributed by atoms with Gasteiger partial charge in [-0.15, -0.1) is 0 Å². The van der Waals surface area contributed by atoms with E-state index in [0.717, 1.165) is 12.7 Å². The zero-order valence-electron chi connectivity index (χ0n) is 9.13. The number of alkyl carbamates (subject to hydrolysis) is 1. The molecular weight excluding hydrogens is 182 g/mol. The topological polar surface area (TPSA) is 47.6 Å².